The molecule has 0 aliphatic rings. The van der Waals surface area contributed by atoms with Crippen LogP contribution in [0.25, 0.3) is 0 Å². The van der Waals surface area contributed by atoms with Crippen molar-refractivity contribution in [1.29, 1.82) is 0 Å². The summed E-state index contributed by atoms with van der Waals surface area (Å²) in [6.45, 7) is 18.0. The van der Waals surface area contributed by atoms with E-state index in [-0.39, 0.29) is 0 Å². The Bertz CT molecular complexity index is 346. The lowest BCUT2D eigenvalue weighted by Crippen LogP contribution is -2.44. The molecule has 10 heteroatoms. The van der Waals surface area contributed by atoms with E-state index in [1.165, 1.54) is 0 Å². The lowest BCUT2D eigenvalue weighted by atomic mass is 10.3. The van der Waals surface area contributed by atoms with E-state index in [9.17, 15) is 0 Å². The van der Waals surface area contributed by atoms with E-state index in [4.69, 9.17) is 23.2 Å². The van der Waals surface area contributed by atoms with E-state index in [1.54, 1.807) is 0 Å². The fourth-order valence-electron chi connectivity index (χ4n) is 3.22. The van der Waals surface area contributed by atoms with Gasteiger partial charge in [0.05, 0.1) is 0 Å². The van der Waals surface area contributed by atoms with Gasteiger partial charge in [0, 0.05) is 105 Å². The van der Waals surface area contributed by atoms with E-state index >= 15 is 0 Å². The molecule has 0 aliphatic carbocycles. The molecule has 0 aromatic heterocycles. The predicted molar refractivity (Wildman–Crippen MR) is 131 cm³/mol. The van der Waals surface area contributed by atoms with E-state index < -0.39 is 0 Å². The molecule has 0 spiro atoms. The van der Waals surface area contributed by atoms with Gasteiger partial charge in [0.2, 0.25) is 0 Å². The van der Waals surface area contributed by atoms with Gasteiger partial charge < -0.3 is 27.4 Å². The van der Waals surface area contributed by atoms with Crippen molar-refractivity contribution in [2.24, 2.45) is 11.5 Å². The van der Waals surface area contributed by atoms with Crippen LogP contribution in [0.5, 0.6) is 0 Å². The molecule has 9 nitrogen and oxygen atoms in total. The summed E-state index contributed by atoms with van der Waals surface area (Å²) in [6.07, 6.45) is 0. The molecule has 0 fully saturated rings. The molecule has 30 heavy (non-hydrogen) atoms. The van der Waals surface area contributed by atoms with Gasteiger partial charge in [0.1, 0.15) is 0 Å². The van der Waals surface area contributed by atoms with Crippen LogP contribution in [0, 0.1) is 0 Å². The maximum Gasteiger partial charge on any atom is 0.0267 e. The third-order valence-electron chi connectivity index (χ3n) is 5.15. The van der Waals surface area contributed by atoms with Crippen molar-refractivity contribution in [1.82, 2.24) is 35.1 Å². The number of hydrogen-bond acceptors (Lipinski definition) is 9. The molecule has 0 saturated heterocycles. The molecular weight excluding hydrogens is 402 g/mol. The average molecular weight is 452 g/mol. The number of nitrogens with two attached hydrogens (primary N) is 2. The van der Waals surface area contributed by atoms with Gasteiger partial charge in [0.25, 0.3) is 0 Å². The van der Waals surface area contributed by atoms with Gasteiger partial charge in [-0.15, -0.1) is 0 Å². The molecule has 7 N–H and O–H groups in total. The molecule has 0 unspecified atom stereocenters. The van der Waals surface area contributed by atoms with Crippen LogP contribution in [0.15, 0.2) is 0 Å². The molecule has 0 bridgehead atoms. The van der Waals surface area contributed by atoms with Crippen molar-refractivity contribution >= 4 is 11.8 Å². The van der Waals surface area contributed by atoms with Crippen LogP contribution in [-0.2, 0) is 0 Å². The fourth-order valence-corrected chi connectivity index (χ4v) is 3.37. The van der Waals surface area contributed by atoms with Crippen LogP contribution < -0.4 is 27.4 Å². The second-order valence-corrected chi connectivity index (χ2v) is 8.05. The zero-order valence-electron chi connectivity index (χ0n) is 19.8. The summed E-state index contributed by atoms with van der Waals surface area (Å²) in [5.74, 6) is 0. The molecule has 0 rings (SSSR count). The Labute approximate surface area is 190 Å². The minimum Gasteiger partial charge on any atom is -0.329 e. The van der Waals surface area contributed by atoms with Gasteiger partial charge in [-0.2, -0.15) is 0 Å². The average Bonchev–Trinajstić information content (AvgIpc) is 2.74. The molecule has 0 heterocycles. The van der Waals surface area contributed by atoms with Crippen molar-refractivity contribution in [3.8, 4) is 0 Å². The second-order valence-electron chi connectivity index (χ2n) is 7.57. The molecule has 182 valence electrons. The molecule has 0 aromatic carbocycles. The van der Waals surface area contributed by atoms with Gasteiger partial charge >= 0.3 is 0 Å². The highest BCUT2D eigenvalue weighted by molar-refractivity contribution is 6.13. The zero-order chi connectivity index (χ0) is 22.5. The second kappa shape index (κ2) is 22.1. The minimum atomic E-state index is 0.670. The van der Waals surface area contributed by atoms with E-state index in [0.29, 0.717) is 13.1 Å². The van der Waals surface area contributed by atoms with Crippen LogP contribution in [-0.4, -0.2) is 144 Å². The first kappa shape index (κ1) is 29.9. The first-order chi connectivity index (χ1) is 14.6. The summed E-state index contributed by atoms with van der Waals surface area (Å²) in [6, 6.07) is 0. The molecule has 0 amide bonds. The highest BCUT2D eigenvalue weighted by atomic mass is 35.5. The maximum absolute atomic E-state index is 6.55. The Kier molecular flexibility index (Phi) is 22.1. The van der Waals surface area contributed by atoms with Crippen LogP contribution in [0.1, 0.15) is 6.92 Å². The monoisotopic (exact) mass is 451 g/mol. The zero-order valence-corrected chi connectivity index (χ0v) is 20.6. The van der Waals surface area contributed by atoms with Crippen LogP contribution in [0.2, 0.25) is 0 Å². The lowest BCUT2D eigenvalue weighted by Gasteiger charge is -2.29. The minimum absolute atomic E-state index is 0.670. The Morgan fingerprint density at radius 3 is 1.43 bits per heavy atom. The molecule has 0 radical (unpaired) electrons. The summed E-state index contributed by atoms with van der Waals surface area (Å²) in [7, 11) is 3.99. The third kappa shape index (κ3) is 17.6. The molecule has 0 aromatic rings. The lowest BCUT2D eigenvalue weighted by molar-refractivity contribution is 0.195. The molecule has 0 saturated carbocycles. The van der Waals surface area contributed by atoms with Crippen LogP contribution in [0.4, 0.5) is 0 Å². The third-order valence-corrected chi connectivity index (χ3v) is 5.49. The highest BCUT2D eigenvalue weighted by Gasteiger charge is 2.12. The van der Waals surface area contributed by atoms with E-state index in [1.807, 2.05) is 18.5 Å². The van der Waals surface area contributed by atoms with E-state index in [2.05, 4.69) is 37.6 Å². The number of hydrogen-bond donors (Lipinski definition) is 5. The van der Waals surface area contributed by atoms with Crippen LogP contribution in [0.3, 0.4) is 0 Å². The quantitative estimate of drug-likeness (QED) is 0.0920. The summed E-state index contributed by atoms with van der Waals surface area (Å²) in [4.78, 5) is 7.27. The smallest absolute Gasteiger partial charge is 0.0267 e. The van der Waals surface area contributed by atoms with E-state index in [0.717, 1.165) is 98.2 Å². The van der Waals surface area contributed by atoms with Crippen molar-refractivity contribution in [3.63, 3.8) is 0 Å². The molecule has 0 atom stereocenters. The van der Waals surface area contributed by atoms with Gasteiger partial charge in [-0.05, 0) is 32.4 Å². The maximum atomic E-state index is 6.55. The number of likely N-dealkylation sites (N-methyl/N-ethyl adjacent to an activating group) is 3. The fraction of sp³-hybridized carbons (Fsp3) is 1.00. The number of halogens is 1. The Balaban J connectivity index is 4.37. The Morgan fingerprint density at radius 2 is 1.00 bits per heavy atom. The van der Waals surface area contributed by atoms with Gasteiger partial charge in [-0.3, -0.25) is 14.7 Å². The summed E-state index contributed by atoms with van der Waals surface area (Å²) < 4.78 is 1.93. The number of nitrogens with zero attached hydrogens (tertiary/aromatic N) is 4. The van der Waals surface area contributed by atoms with Crippen molar-refractivity contribution in [2.45, 2.75) is 6.92 Å². The summed E-state index contributed by atoms with van der Waals surface area (Å²) in [5.41, 5.74) is 11.5. The first-order valence-corrected chi connectivity index (χ1v) is 11.9. The van der Waals surface area contributed by atoms with Crippen molar-refractivity contribution in [2.75, 3.05) is 125 Å². The normalized spacial score (nSPS) is 12.2. The standard InChI is InChI=1S/C20H50ClN9/c1-4-26-9-14-28(12-7-24-2)17-19-30(21)20-18-29(13-8-25-3)16-15-27(10-5-22)11-6-23/h24-26H,4-20,22-23H2,1-3H3. The van der Waals surface area contributed by atoms with Gasteiger partial charge in [-0.1, -0.05) is 6.92 Å². The van der Waals surface area contributed by atoms with Crippen LogP contribution >= 0.6 is 11.8 Å². The molecule has 0 aliphatic heterocycles. The van der Waals surface area contributed by atoms with Crippen molar-refractivity contribution < 1.29 is 0 Å². The van der Waals surface area contributed by atoms with Gasteiger partial charge in [0.15, 0.2) is 0 Å². The SMILES string of the molecule is CCNCCN(CCNC)CCN(Cl)CCN(CCNC)CCN(CCN)CCN. The molecular formula is C20H50ClN9. The number of rotatable bonds is 23. The topological polar surface area (TPSA) is 101 Å². The predicted octanol–water partition coefficient (Wildman–Crippen LogP) is -1.69. The first-order valence-electron chi connectivity index (χ1n) is 11.6. The summed E-state index contributed by atoms with van der Waals surface area (Å²) >= 11 is 6.55. The largest absolute Gasteiger partial charge is 0.329 e. The Morgan fingerprint density at radius 1 is 0.600 bits per heavy atom. The highest BCUT2D eigenvalue weighted by Crippen LogP contribution is 1.99. The number of nitrogens with one attached hydrogen (secondary N) is 3. The van der Waals surface area contributed by atoms with Crippen molar-refractivity contribution in [3.05, 3.63) is 0 Å². The van der Waals surface area contributed by atoms with Gasteiger partial charge in [-0.25, -0.2) is 4.42 Å². The Hall–Kier alpha value is -0.0700. The summed E-state index contributed by atoms with van der Waals surface area (Å²) in [5, 5.41) is 9.89.